The number of hydrogen-bond acceptors (Lipinski definition) is 3. The molecule has 0 atom stereocenters. The molecule has 22 heavy (non-hydrogen) atoms. The molecule has 1 heterocycles. The molecular formula is C16H19N3O3. The molecule has 0 bridgehead atoms. The minimum Gasteiger partial charge on any atom is -0.481 e. The third kappa shape index (κ3) is 3.94. The molecule has 3 N–H and O–H groups in total. The van der Waals surface area contributed by atoms with Crippen molar-refractivity contribution in [1.82, 2.24) is 15.5 Å². The number of nitrogens with zero attached hydrogens (tertiary/aromatic N) is 1. The second-order valence-corrected chi connectivity index (χ2v) is 5.22. The van der Waals surface area contributed by atoms with Gasteiger partial charge in [-0.15, -0.1) is 0 Å². The third-order valence-electron chi connectivity index (χ3n) is 3.48. The highest BCUT2D eigenvalue weighted by molar-refractivity contribution is 5.93. The SMILES string of the molecule is Cc1ccc(-c2cc(C(=O)NCCCC(=O)O)[nH]n2)cc1C. The summed E-state index contributed by atoms with van der Waals surface area (Å²) in [7, 11) is 0. The summed E-state index contributed by atoms with van der Waals surface area (Å²) in [4.78, 5) is 22.3. The van der Waals surface area contributed by atoms with E-state index in [1.807, 2.05) is 32.0 Å². The van der Waals surface area contributed by atoms with E-state index in [-0.39, 0.29) is 12.3 Å². The minimum atomic E-state index is -0.868. The molecule has 116 valence electrons. The highest BCUT2D eigenvalue weighted by Gasteiger charge is 2.11. The fraction of sp³-hybridized carbons (Fsp3) is 0.312. The van der Waals surface area contributed by atoms with E-state index >= 15 is 0 Å². The van der Waals surface area contributed by atoms with E-state index in [1.54, 1.807) is 6.07 Å². The maximum Gasteiger partial charge on any atom is 0.303 e. The molecule has 0 aliphatic rings. The predicted octanol–water partition coefficient (Wildman–Crippen LogP) is 2.29. The van der Waals surface area contributed by atoms with Crippen molar-refractivity contribution in [1.29, 1.82) is 0 Å². The maximum atomic E-state index is 11.9. The number of hydrogen-bond donors (Lipinski definition) is 3. The number of nitrogens with one attached hydrogen (secondary N) is 2. The van der Waals surface area contributed by atoms with Crippen molar-refractivity contribution < 1.29 is 14.7 Å². The van der Waals surface area contributed by atoms with Crippen LogP contribution in [0.1, 0.15) is 34.5 Å². The first kappa shape index (κ1) is 15.8. The van der Waals surface area contributed by atoms with Gasteiger partial charge in [0.15, 0.2) is 0 Å². The summed E-state index contributed by atoms with van der Waals surface area (Å²) in [5.41, 5.74) is 4.39. The first-order chi connectivity index (χ1) is 10.5. The second-order valence-electron chi connectivity index (χ2n) is 5.22. The Hall–Kier alpha value is -2.63. The van der Waals surface area contributed by atoms with Crippen LogP contribution in [0.25, 0.3) is 11.3 Å². The van der Waals surface area contributed by atoms with Crippen molar-refractivity contribution in [2.45, 2.75) is 26.7 Å². The molecule has 0 radical (unpaired) electrons. The van der Waals surface area contributed by atoms with Crippen LogP contribution in [0.2, 0.25) is 0 Å². The number of carboxylic acid groups (broad SMARTS) is 1. The number of rotatable bonds is 6. The number of amides is 1. The molecule has 1 amide bonds. The van der Waals surface area contributed by atoms with Crippen LogP contribution in [0.5, 0.6) is 0 Å². The van der Waals surface area contributed by atoms with Crippen molar-refractivity contribution in [2.24, 2.45) is 0 Å². The van der Waals surface area contributed by atoms with Crippen molar-refractivity contribution in [3.63, 3.8) is 0 Å². The molecule has 0 aliphatic carbocycles. The Kier molecular flexibility index (Phi) is 4.93. The first-order valence-electron chi connectivity index (χ1n) is 7.10. The smallest absolute Gasteiger partial charge is 0.303 e. The molecule has 2 rings (SSSR count). The molecule has 6 nitrogen and oxygen atoms in total. The van der Waals surface area contributed by atoms with Gasteiger partial charge in [0.2, 0.25) is 0 Å². The van der Waals surface area contributed by atoms with Gasteiger partial charge in [0.1, 0.15) is 5.69 Å². The van der Waals surface area contributed by atoms with Crippen molar-refractivity contribution >= 4 is 11.9 Å². The van der Waals surface area contributed by atoms with Gasteiger partial charge in [-0.1, -0.05) is 12.1 Å². The van der Waals surface area contributed by atoms with Gasteiger partial charge < -0.3 is 10.4 Å². The summed E-state index contributed by atoms with van der Waals surface area (Å²) in [5, 5.41) is 18.1. The number of carbonyl (C=O) groups is 2. The minimum absolute atomic E-state index is 0.0388. The number of aromatic nitrogens is 2. The predicted molar refractivity (Wildman–Crippen MR) is 82.7 cm³/mol. The quantitative estimate of drug-likeness (QED) is 0.713. The number of benzene rings is 1. The molecule has 0 spiro atoms. The third-order valence-corrected chi connectivity index (χ3v) is 3.48. The molecule has 0 fully saturated rings. The molecule has 1 aromatic heterocycles. The largest absolute Gasteiger partial charge is 0.481 e. The highest BCUT2D eigenvalue weighted by atomic mass is 16.4. The zero-order valence-electron chi connectivity index (χ0n) is 12.6. The van der Waals surface area contributed by atoms with E-state index in [0.29, 0.717) is 24.4 Å². The van der Waals surface area contributed by atoms with Crippen LogP contribution in [0.3, 0.4) is 0 Å². The summed E-state index contributed by atoms with van der Waals surface area (Å²) in [6, 6.07) is 7.70. The van der Waals surface area contributed by atoms with Gasteiger partial charge >= 0.3 is 5.97 Å². The van der Waals surface area contributed by atoms with Crippen molar-refractivity contribution in [2.75, 3.05) is 6.54 Å². The van der Waals surface area contributed by atoms with Crippen molar-refractivity contribution in [3.8, 4) is 11.3 Å². The van der Waals surface area contributed by atoms with Gasteiger partial charge in [-0.25, -0.2) is 0 Å². The Morgan fingerprint density at radius 2 is 2.00 bits per heavy atom. The Morgan fingerprint density at radius 1 is 1.23 bits per heavy atom. The fourth-order valence-electron chi connectivity index (χ4n) is 2.02. The lowest BCUT2D eigenvalue weighted by atomic mass is 10.0. The van der Waals surface area contributed by atoms with E-state index in [2.05, 4.69) is 15.5 Å². The molecule has 1 aromatic carbocycles. The van der Waals surface area contributed by atoms with E-state index < -0.39 is 5.97 Å². The summed E-state index contributed by atoms with van der Waals surface area (Å²) in [6.45, 7) is 4.39. The van der Waals surface area contributed by atoms with E-state index in [9.17, 15) is 9.59 Å². The standard InChI is InChI=1S/C16H19N3O3/c1-10-5-6-12(8-11(10)2)13-9-14(19-18-13)16(22)17-7-3-4-15(20)21/h5-6,8-9H,3-4,7H2,1-2H3,(H,17,22)(H,18,19)(H,20,21). The lowest BCUT2D eigenvalue weighted by molar-refractivity contribution is -0.137. The summed E-state index contributed by atoms with van der Waals surface area (Å²) in [5.74, 6) is -1.15. The van der Waals surface area contributed by atoms with E-state index in [4.69, 9.17) is 5.11 Å². The van der Waals surface area contributed by atoms with E-state index in [0.717, 1.165) is 5.56 Å². The zero-order valence-corrected chi connectivity index (χ0v) is 12.6. The van der Waals surface area contributed by atoms with Crippen LogP contribution in [0, 0.1) is 13.8 Å². The van der Waals surface area contributed by atoms with Crippen LogP contribution < -0.4 is 5.32 Å². The lowest BCUT2D eigenvalue weighted by Gasteiger charge is -2.02. The summed E-state index contributed by atoms with van der Waals surface area (Å²) < 4.78 is 0. The van der Waals surface area contributed by atoms with Gasteiger partial charge in [-0.05, 0) is 43.5 Å². The number of aliphatic carboxylic acids is 1. The Labute approximate surface area is 128 Å². The normalized spacial score (nSPS) is 10.5. The zero-order chi connectivity index (χ0) is 16.1. The van der Waals surface area contributed by atoms with Crippen LogP contribution in [0.15, 0.2) is 24.3 Å². The Bertz CT molecular complexity index is 692. The molecule has 0 aliphatic heterocycles. The van der Waals surface area contributed by atoms with Gasteiger partial charge in [-0.3, -0.25) is 14.7 Å². The maximum absolute atomic E-state index is 11.9. The first-order valence-corrected chi connectivity index (χ1v) is 7.10. The molecule has 0 unspecified atom stereocenters. The van der Waals surface area contributed by atoms with Crippen LogP contribution in [-0.4, -0.2) is 33.7 Å². The van der Waals surface area contributed by atoms with Gasteiger partial charge in [0.25, 0.3) is 5.91 Å². The van der Waals surface area contributed by atoms with Crippen LogP contribution in [0.4, 0.5) is 0 Å². The molecule has 0 saturated heterocycles. The number of carbonyl (C=O) groups excluding carboxylic acids is 1. The molecule has 6 heteroatoms. The highest BCUT2D eigenvalue weighted by Crippen LogP contribution is 2.20. The van der Waals surface area contributed by atoms with Gasteiger partial charge in [0, 0.05) is 18.5 Å². The summed E-state index contributed by atoms with van der Waals surface area (Å²) >= 11 is 0. The lowest BCUT2D eigenvalue weighted by Crippen LogP contribution is -2.25. The van der Waals surface area contributed by atoms with Gasteiger partial charge in [0.05, 0.1) is 5.69 Å². The summed E-state index contributed by atoms with van der Waals surface area (Å²) in [6.07, 6.45) is 0.441. The van der Waals surface area contributed by atoms with Gasteiger partial charge in [-0.2, -0.15) is 5.10 Å². The van der Waals surface area contributed by atoms with Crippen LogP contribution >= 0.6 is 0 Å². The molecule has 0 saturated carbocycles. The second kappa shape index (κ2) is 6.89. The monoisotopic (exact) mass is 301 g/mol. The van der Waals surface area contributed by atoms with Crippen molar-refractivity contribution in [3.05, 3.63) is 41.1 Å². The van der Waals surface area contributed by atoms with E-state index in [1.165, 1.54) is 11.1 Å². The van der Waals surface area contributed by atoms with Crippen LogP contribution in [-0.2, 0) is 4.79 Å². The fourth-order valence-corrected chi connectivity index (χ4v) is 2.02. The molecule has 2 aromatic rings. The average Bonchev–Trinajstić information content (AvgIpc) is 2.96. The Balaban J connectivity index is 1.99. The number of aryl methyl sites for hydroxylation is 2. The number of H-pyrrole nitrogens is 1. The molecular weight excluding hydrogens is 282 g/mol. The number of aromatic amines is 1. The Morgan fingerprint density at radius 3 is 2.68 bits per heavy atom. The average molecular weight is 301 g/mol. The number of carboxylic acids is 1. The topological polar surface area (TPSA) is 95.1 Å².